The second-order valence-electron chi connectivity index (χ2n) is 10.0. The quantitative estimate of drug-likeness (QED) is 0.131. The molecule has 0 aromatic heterocycles. The molecule has 1 unspecified atom stereocenters. The molecule has 0 amide bonds. The van der Waals surface area contributed by atoms with Crippen molar-refractivity contribution in [2.75, 3.05) is 14.2 Å². The molecule has 202 valence electrons. The standard InChI is InChI=1S/C35H32O2S3/c1-22-8-9-25(23-10-15-27(38)16-11-23)20-29(22)35(2,34-31(36-3)6-5-7-32(34)37-4)30-21-26(14-19-33(30)40)24-12-17-28(39)18-13-24/h5-21,38-40H,1-4H3. The van der Waals surface area contributed by atoms with Gasteiger partial charge in [-0.1, -0.05) is 48.5 Å². The monoisotopic (exact) mass is 580 g/mol. The molecule has 0 aliphatic carbocycles. The third-order valence-electron chi connectivity index (χ3n) is 7.64. The van der Waals surface area contributed by atoms with Gasteiger partial charge in [-0.3, -0.25) is 0 Å². The highest BCUT2D eigenvalue weighted by Gasteiger charge is 2.39. The molecule has 5 heteroatoms. The topological polar surface area (TPSA) is 18.5 Å². The van der Waals surface area contributed by atoms with Crippen LogP contribution in [0.4, 0.5) is 0 Å². The van der Waals surface area contributed by atoms with Crippen molar-refractivity contribution in [3.8, 4) is 33.8 Å². The Hall–Kier alpha value is -3.25. The van der Waals surface area contributed by atoms with Gasteiger partial charge in [0.05, 0.1) is 25.2 Å². The van der Waals surface area contributed by atoms with Gasteiger partial charge < -0.3 is 9.47 Å². The molecule has 5 rings (SSSR count). The van der Waals surface area contributed by atoms with Crippen molar-refractivity contribution in [2.24, 2.45) is 0 Å². The molecule has 0 saturated carbocycles. The van der Waals surface area contributed by atoms with Gasteiger partial charge in [0.15, 0.2) is 0 Å². The lowest BCUT2D eigenvalue weighted by atomic mass is 9.68. The molecule has 0 aliphatic heterocycles. The highest BCUT2D eigenvalue weighted by Crippen LogP contribution is 2.51. The first kappa shape index (κ1) is 28.3. The summed E-state index contributed by atoms with van der Waals surface area (Å²) in [7, 11) is 3.41. The normalized spacial score (nSPS) is 12.6. The summed E-state index contributed by atoms with van der Waals surface area (Å²) in [5, 5.41) is 0. The van der Waals surface area contributed by atoms with Crippen LogP contribution in [0.3, 0.4) is 0 Å². The Labute approximate surface area is 253 Å². The summed E-state index contributed by atoms with van der Waals surface area (Å²) in [5.74, 6) is 1.51. The zero-order valence-corrected chi connectivity index (χ0v) is 25.7. The van der Waals surface area contributed by atoms with Gasteiger partial charge in [0.2, 0.25) is 0 Å². The van der Waals surface area contributed by atoms with Crippen molar-refractivity contribution in [3.05, 3.63) is 125 Å². The largest absolute Gasteiger partial charge is 0.496 e. The van der Waals surface area contributed by atoms with Gasteiger partial charge in [-0.05, 0) is 107 Å². The Morgan fingerprint density at radius 2 is 1.00 bits per heavy atom. The fourth-order valence-electron chi connectivity index (χ4n) is 5.52. The predicted octanol–water partition coefficient (Wildman–Crippen LogP) is 9.57. The number of hydrogen-bond donors (Lipinski definition) is 3. The van der Waals surface area contributed by atoms with E-state index in [9.17, 15) is 0 Å². The number of methoxy groups -OCH3 is 2. The zero-order chi connectivity index (χ0) is 28.4. The van der Waals surface area contributed by atoms with Gasteiger partial charge in [-0.25, -0.2) is 0 Å². The SMILES string of the molecule is COc1cccc(OC)c1C(C)(c1cc(-c2ccc(S)cc2)ccc1C)c1cc(-c2ccc(S)cc2)ccc1S. The summed E-state index contributed by atoms with van der Waals surface area (Å²) in [4.78, 5) is 2.74. The van der Waals surface area contributed by atoms with Crippen molar-refractivity contribution < 1.29 is 9.47 Å². The van der Waals surface area contributed by atoms with Crippen LogP contribution < -0.4 is 9.47 Å². The summed E-state index contributed by atoms with van der Waals surface area (Å²) in [6.07, 6.45) is 0. The van der Waals surface area contributed by atoms with E-state index in [-0.39, 0.29) is 0 Å². The molecule has 0 bridgehead atoms. The minimum Gasteiger partial charge on any atom is -0.496 e. The first-order chi connectivity index (χ1) is 19.3. The van der Waals surface area contributed by atoms with Crippen LogP contribution in [-0.4, -0.2) is 14.2 Å². The van der Waals surface area contributed by atoms with Crippen molar-refractivity contribution >= 4 is 37.9 Å². The molecule has 0 N–H and O–H groups in total. The van der Waals surface area contributed by atoms with E-state index in [1.807, 2.05) is 42.5 Å². The van der Waals surface area contributed by atoms with Gasteiger partial charge in [0.1, 0.15) is 11.5 Å². The molecule has 0 radical (unpaired) electrons. The Bertz CT molecular complexity index is 1540. The van der Waals surface area contributed by atoms with Crippen LogP contribution in [0.2, 0.25) is 0 Å². The molecule has 5 aromatic carbocycles. The van der Waals surface area contributed by atoms with E-state index in [4.69, 9.17) is 22.1 Å². The van der Waals surface area contributed by atoms with Crippen LogP contribution in [0, 0.1) is 6.92 Å². The molecule has 0 aliphatic rings. The van der Waals surface area contributed by atoms with Crippen molar-refractivity contribution in [2.45, 2.75) is 33.9 Å². The van der Waals surface area contributed by atoms with Crippen LogP contribution in [0.15, 0.2) is 118 Å². The zero-order valence-electron chi connectivity index (χ0n) is 23.0. The maximum atomic E-state index is 5.99. The number of thiol groups is 3. The maximum absolute atomic E-state index is 5.99. The molecule has 1 atom stereocenters. The van der Waals surface area contributed by atoms with E-state index in [1.165, 1.54) is 0 Å². The molecule has 0 fully saturated rings. The van der Waals surface area contributed by atoms with E-state index >= 15 is 0 Å². The van der Waals surface area contributed by atoms with E-state index in [1.54, 1.807) is 14.2 Å². The second kappa shape index (κ2) is 11.7. The summed E-state index contributed by atoms with van der Waals surface area (Å²) in [6.45, 7) is 4.40. The summed E-state index contributed by atoms with van der Waals surface area (Å²) < 4.78 is 12.0. The minimum absolute atomic E-state index is 0.682. The van der Waals surface area contributed by atoms with E-state index in [0.29, 0.717) is 0 Å². The van der Waals surface area contributed by atoms with Gasteiger partial charge in [0.25, 0.3) is 0 Å². The van der Waals surface area contributed by atoms with Crippen molar-refractivity contribution in [3.63, 3.8) is 0 Å². The van der Waals surface area contributed by atoms with Gasteiger partial charge in [-0.2, -0.15) is 0 Å². The highest BCUT2D eigenvalue weighted by atomic mass is 32.1. The number of aryl methyl sites for hydroxylation is 1. The Balaban J connectivity index is 1.85. The fraction of sp³-hybridized carbons (Fsp3) is 0.143. The number of ether oxygens (including phenoxy) is 2. The first-order valence-corrected chi connectivity index (χ1v) is 14.4. The summed E-state index contributed by atoms with van der Waals surface area (Å²) >= 11 is 14.0. The van der Waals surface area contributed by atoms with E-state index < -0.39 is 5.41 Å². The first-order valence-electron chi connectivity index (χ1n) is 13.0. The fourth-order valence-corrected chi connectivity index (χ4v) is 6.18. The summed E-state index contributed by atoms with van der Waals surface area (Å²) in [5.41, 5.74) is 8.07. The number of hydrogen-bond acceptors (Lipinski definition) is 5. The Kier molecular flexibility index (Phi) is 8.27. The smallest absolute Gasteiger partial charge is 0.127 e. The van der Waals surface area contributed by atoms with E-state index in [0.717, 1.165) is 70.7 Å². The molecule has 2 nitrogen and oxygen atoms in total. The lowest BCUT2D eigenvalue weighted by Gasteiger charge is -2.36. The summed E-state index contributed by atoms with van der Waals surface area (Å²) in [6, 6.07) is 35.5. The van der Waals surface area contributed by atoms with Crippen molar-refractivity contribution in [1.29, 1.82) is 0 Å². The van der Waals surface area contributed by atoms with Crippen LogP contribution in [-0.2, 0) is 5.41 Å². The maximum Gasteiger partial charge on any atom is 0.127 e. The molecule has 0 heterocycles. The van der Waals surface area contributed by atoms with Gasteiger partial charge >= 0.3 is 0 Å². The van der Waals surface area contributed by atoms with Crippen molar-refractivity contribution in [1.82, 2.24) is 0 Å². The average Bonchev–Trinajstić information content (AvgIpc) is 2.97. The third-order valence-corrected chi connectivity index (χ3v) is 8.63. The molecular weight excluding hydrogens is 549 g/mol. The Morgan fingerprint density at radius 1 is 0.550 bits per heavy atom. The molecule has 0 spiro atoms. The van der Waals surface area contributed by atoms with Crippen LogP contribution >= 0.6 is 37.9 Å². The van der Waals surface area contributed by atoms with Crippen LogP contribution in [0.5, 0.6) is 11.5 Å². The molecular formula is C35H32O2S3. The Morgan fingerprint density at radius 3 is 1.50 bits per heavy atom. The van der Waals surface area contributed by atoms with Crippen LogP contribution in [0.25, 0.3) is 22.3 Å². The lowest BCUT2D eigenvalue weighted by Crippen LogP contribution is -2.28. The average molecular weight is 581 g/mol. The minimum atomic E-state index is -0.682. The van der Waals surface area contributed by atoms with Gasteiger partial charge in [0, 0.05) is 14.7 Å². The number of benzene rings is 5. The molecule has 0 saturated heterocycles. The van der Waals surface area contributed by atoms with E-state index in [2.05, 4.69) is 99.8 Å². The van der Waals surface area contributed by atoms with Gasteiger partial charge in [-0.15, -0.1) is 37.9 Å². The highest BCUT2D eigenvalue weighted by molar-refractivity contribution is 7.80. The lowest BCUT2D eigenvalue weighted by molar-refractivity contribution is 0.374. The van der Waals surface area contributed by atoms with Crippen LogP contribution in [0.1, 0.15) is 29.2 Å². The third kappa shape index (κ3) is 5.26. The number of rotatable bonds is 7. The molecule has 5 aromatic rings. The second-order valence-corrected chi connectivity index (χ2v) is 11.5. The predicted molar refractivity (Wildman–Crippen MR) is 175 cm³/mol. The molecule has 40 heavy (non-hydrogen) atoms.